The van der Waals surface area contributed by atoms with E-state index in [-0.39, 0.29) is 5.91 Å². The van der Waals surface area contributed by atoms with Crippen LogP contribution in [0, 0.1) is 0 Å². The topological polar surface area (TPSA) is 58.4 Å². The van der Waals surface area contributed by atoms with Crippen LogP contribution in [0.15, 0.2) is 18.2 Å². The number of hydrogen-bond donors (Lipinski definition) is 2. The second-order valence-corrected chi connectivity index (χ2v) is 4.92. The third-order valence-corrected chi connectivity index (χ3v) is 3.22. The number of rotatable bonds is 7. The van der Waals surface area contributed by atoms with Crippen LogP contribution in [0.1, 0.15) is 26.7 Å². The Morgan fingerprint density at radius 2 is 2.16 bits per heavy atom. The van der Waals surface area contributed by atoms with Crippen LogP contribution in [0.2, 0.25) is 5.02 Å². The smallest absolute Gasteiger partial charge is 0.238 e. The Hall–Kier alpha value is -1.26. The summed E-state index contributed by atoms with van der Waals surface area (Å²) in [6, 6.07) is 5.07. The largest absolute Gasteiger partial charge is 0.399 e. The summed E-state index contributed by atoms with van der Waals surface area (Å²) in [7, 11) is 0. The van der Waals surface area contributed by atoms with Crippen LogP contribution < -0.4 is 11.1 Å². The van der Waals surface area contributed by atoms with Gasteiger partial charge in [0, 0.05) is 5.69 Å². The van der Waals surface area contributed by atoms with E-state index in [1.165, 1.54) is 0 Å². The molecule has 0 aliphatic heterocycles. The summed E-state index contributed by atoms with van der Waals surface area (Å²) in [6.07, 6.45) is 2.23. The third kappa shape index (κ3) is 5.49. The van der Waals surface area contributed by atoms with E-state index in [0.717, 1.165) is 25.9 Å². The molecule has 0 saturated heterocycles. The lowest BCUT2D eigenvalue weighted by atomic mass is 10.2. The van der Waals surface area contributed by atoms with Crippen molar-refractivity contribution in [1.82, 2.24) is 4.90 Å². The number of nitrogen functional groups attached to an aromatic ring is 1. The molecule has 4 nitrogen and oxygen atoms in total. The van der Waals surface area contributed by atoms with Gasteiger partial charge in [-0.15, -0.1) is 0 Å². The molecule has 0 unspecified atom stereocenters. The molecule has 106 valence electrons. The highest BCUT2D eigenvalue weighted by Crippen LogP contribution is 2.23. The standard InChI is InChI=1S/C14H22ClN3O/c1-3-5-8-18(4-2)10-14(19)17-13-7-6-11(16)9-12(13)15/h6-7,9H,3-5,8,10,16H2,1-2H3,(H,17,19). The summed E-state index contributed by atoms with van der Waals surface area (Å²) in [5.74, 6) is -0.0513. The molecule has 0 aliphatic rings. The average Bonchev–Trinajstić information content (AvgIpc) is 2.38. The number of halogens is 1. The van der Waals surface area contributed by atoms with Crippen molar-refractivity contribution in [2.24, 2.45) is 0 Å². The summed E-state index contributed by atoms with van der Waals surface area (Å²) in [5.41, 5.74) is 6.80. The zero-order valence-corrected chi connectivity index (χ0v) is 12.3. The van der Waals surface area contributed by atoms with Crippen LogP contribution in [-0.2, 0) is 4.79 Å². The maximum atomic E-state index is 11.9. The average molecular weight is 284 g/mol. The number of nitrogens with two attached hydrogens (primary N) is 1. The molecule has 3 N–H and O–H groups in total. The maximum Gasteiger partial charge on any atom is 0.238 e. The molecule has 0 spiro atoms. The number of hydrogen-bond acceptors (Lipinski definition) is 3. The number of nitrogens with zero attached hydrogens (tertiary/aromatic N) is 1. The normalized spacial score (nSPS) is 10.7. The van der Waals surface area contributed by atoms with Crippen molar-refractivity contribution in [3.8, 4) is 0 Å². The fourth-order valence-corrected chi connectivity index (χ4v) is 1.99. The van der Waals surface area contributed by atoms with Gasteiger partial charge in [0.15, 0.2) is 0 Å². The SMILES string of the molecule is CCCCN(CC)CC(=O)Nc1ccc(N)cc1Cl. The molecule has 0 saturated carbocycles. The molecule has 0 aliphatic carbocycles. The van der Waals surface area contributed by atoms with Crippen LogP contribution in [0.3, 0.4) is 0 Å². The van der Waals surface area contributed by atoms with Gasteiger partial charge in [0.1, 0.15) is 0 Å². The lowest BCUT2D eigenvalue weighted by molar-refractivity contribution is -0.117. The number of unbranched alkanes of at least 4 members (excludes halogenated alkanes) is 1. The first-order valence-corrected chi connectivity index (χ1v) is 7.01. The third-order valence-electron chi connectivity index (χ3n) is 2.91. The molecule has 1 aromatic rings. The van der Waals surface area contributed by atoms with Crippen molar-refractivity contribution in [2.45, 2.75) is 26.7 Å². The summed E-state index contributed by atoms with van der Waals surface area (Å²) in [4.78, 5) is 14.1. The molecule has 1 rings (SSSR count). The number of carbonyl (C=O) groups is 1. The summed E-state index contributed by atoms with van der Waals surface area (Å²) < 4.78 is 0. The first-order chi connectivity index (χ1) is 9.06. The van der Waals surface area contributed by atoms with Gasteiger partial charge in [0.05, 0.1) is 17.3 Å². The van der Waals surface area contributed by atoms with Crippen molar-refractivity contribution in [3.05, 3.63) is 23.2 Å². The van der Waals surface area contributed by atoms with E-state index < -0.39 is 0 Å². The summed E-state index contributed by atoms with van der Waals surface area (Å²) in [6.45, 7) is 6.39. The Labute approximate surface area is 119 Å². The van der Waals surface area contributed by atoms with Gasteiger partial charge < -0.3 is 11.1 Å². The Bertz CT molecular complexity index is 423. The van der Waals surface area contributed by atoms with Crippen LogP contribution in [0.4, 0.5) is 11.4 Å². The van der Waals surface area contributed by atoms with E-state index in [2.05, 4.69) is 24.1 Å². The molecule has 19 heavy (non-hydrogen) atoms. The minimum Gasteiger partial charge on any atom is -0.399 e. The van der Waals surface area contributed by atoms with Crippen LogP contribution in [-0.4, -0.2) is 30.4 Å². The molecule has 0 atom stereocenters. The lowest BCUT2D eigenvalue weighted by Gasteiger charge is -2.19. The number of amides is 1. The Kier molecular flexibility index (Phi) is 6.67. The van der Waals surface area contributed by atoms with Crippen molar-refractivity contribution >= 4 is 28.9 Å². The molecule has 5 heteroatoms. The Balaban J connectivity index is 2.54. The van der Waals surface area contributed by atoms with E-state index in [0.29, 0.717) is 22.9 Å². The molecule has 0 radical (unpaired) electrons. The fourth-order valence-electron chi connectivity index (χ4n) is 1.76. The number of nitrogens with one attached hydrogen (secondary N) is 1. The van der Waals surface area contributed by atoms with E-state index in [9.17, 15) is 4.79 Å². The molecule has 0 fully saturated rings. The van der Waals surface area contributed by atoms with Gasteiger partial charge in [-0.1, -0.05) is 31.9 Å². The second kappa shape index (κ2) is 8.02. The van der Waals surface area contributed by atoms with Crippen molar-refractivity contribution in [2.75, 3.05) is 30.7 Å². The monoisotopic (exact) mass is 283 g/mol. The van der Waals surface area contributed by atoms with Crippen molar-refractivity contribution in [1.29, 1.82) is 0 Å². The number of anilines is 2. The number of likely N-dealkylation sites (N-methyl/N-ethyl adjacent to an activating group) is 1. The van der Waals surface area contributed by atoms with Gasteiger partial charge >= 0.3 is 0 Å². The van der Waals surface area contributed by atoms with Crippen LogP contribution in [0.5, 0.6) is 0 Å². The minimum atomic E-state index is -0.0513. The van der Waals surface area contributed by atoms with Gasteiger partial charge in [-0.3, -0.25) is 9.69 Å². The highest BCUT2D eigenvalue weighted by Gasteiger charge is 2.10. The quantitative estimate of drug-likeness (QED) is 0.757. The van der Waals surface area contributed by atoms with Crippen molar-refractivity contribution in [3.63, 3.8) is 0 Å². The highest BCUT2D eigenvalue weighted by atomic mass is 35.5. The summed E-state index contributed by atoms with van der Waals surface area (Å²) in [5, 5.41) is 3.27. The van der Waals surface area contributed by atoms with Gasteiger partial charge in [-0.25, -0.2) is 0 Å². The second-order valence-electron chi connectivity index (χ2n) is 4.51. The summed E-state index contributed by atoms with van der Waals surface area (Å²) >= 11 is 6.02. The van der Waals surface area contributed by atoms with Gasteiger partial charge in [0.2, 0.25) is 5.91 Å². The molecule has 0 heterocycles. The Morgan fingerprint density at radius 1 is 1.42 bits per heavy atom. The first kappa shape index (κ1) is 15.8. The molecular formula is C14H22ClN3O. The molecular weight excluding hydrogens is 262 g/mol. The van der Waals surface area contributed by atoms with Crippen LogP contribution >= 0.6 is 11.6 Å². The fraction of sp³-hybridized carbons (Fsp3) is 0.500. The zero-order chi connectivity index (χ0) is 14.3. The van der Waals surface area contributed by atoms with E-state index in [1.54, 1.807) is 18.2 Å². The molecule has 1 aromatic carbocycles. The maximum absolute atomic E-state index is 11.9. The molecule has 1 amide bonds. The van der Waals surface area contributed by atoms with E-state index in [4.69, 9.17) is 17.3 Å². The van der Waals surface area contributed by atoms with Gasteiger partial charge in [-0.05, 0) is 37.7 Å². The number of benzene rings is 1. The molecule has 0 aromatic heterocycles. The van der Waals surface area contributed by atoms with Crippen molar-refractivity contribution < 1.29 is 4.79 Å². The Morgan fingerprint density at radius 3 is 2.74 bits per heavy atom. The highest BCUT2D eigenvalue weighted by molar-refractivity contribution is 6.34. The zero-order valence-electron chi connectivity index (χ0n) is 11.6. The number of carbonyl (C=O) groups excluding carboxylic acids is 1. The molecule has 0 bridgehead atoms. The predicted octanol–water partition coefficient (Wildman–Crippen LogP) is 2.98. The minimum absolute atomic E-state index is 0.0513. The van der Waals surface area contributed by atoms with Crippen LogP contribution in [0.25, 0.3) is 0 Å². The first-order valence-electron chi connectivity index (χ1n) is 6.64. The lowest BCUT2D eigenvalue weighted by Crippen LogP contribution is -2.33. The van der Waals surface area contributed by atoms with E-state index in [1.807, 2.05) is 0 Å². The predicted molar refractivity (Wildman–Crippen MR) is 81.5 cm³/mol. The van der Waals surface area contributed by atoms with Gasteiger partial charge in [-0.2, -0.15) is 0 Å². The van der Waals surface area contributed by atoms with E-state index >= 15 is 0 Å². The van der Waals surface area contributed by atoms with Gasteiger partial charge in [0.25, 0.3) is 0 Å².